The van der Waals surface area contributed by atoms with Crippen molar-refractivity contribution in [2.45, 2.75) is 25.4 Å². The van der Waals surface area contributed by atoms with Gasteiger partial charge in [-0.1, -0.05) is 11.6 Å². The molecule has 0 radical (unpaired) electrons. The van der Waals surface area contributed by atoms with Gasteiger partial charge in [0.15, 0.2) is 0 Å². The lowest BCUT2D eigenvalue weighted by molar-refractivity contribution is 0.247. The van der Waals surface area contributed by atoms with Crippen molar-refractivity contribution in [3.63, 3.8) is 0 Å². The van der Waals surface area contributed by atoms with Gasteiger partial charge < -0.3 is 5.73 Å². The first-order valence-corrected chi connectivity index (χ1v) is 5.58. The third-order valence-electron chi connectivity index (χ3n) is 2.81. The van der Waals surface area contributed by atoms with Gasteiger partial charge in [0.25, 0.3) is 0 Å². The molecule has 2 N–H and O–H groups in total. The predicted molar refractivity (Wildman–Crippen MR) is 59.5 cm³/mol. The lowest BCUT2D eigenvalue weighted by Gasteiger charge is -2.22. The van der Waals surface area contributed by atoms with Gasteiger partial charge in [-0.25, -0.2) is 4.98 Å². The summed E-state index contributed by atoms with van der Waals surface area (Å²) in [5.74, 6) is 0. The Morgan fingerprint density at radius 2 is 2.33 bits per heavy atom. The van der Waals surface area contributed by atoms with Crippen molar-refractivity contribution in [1.29, 1.82) is 0 Å². The Bertz CT molecular complexity index is 314. The Morgan fingerprint density at radius 3 is 3.00 bits per heavy atom. The standard InChI is InChI=1S/C10H15ClN4/c11-10-6-13-8(5-14-10)7-15-3-1-2-9(15)4-12/h5-6,9H,1-4,7,12H2. The third-order valence-corrected chi connectivity index (χ3v) is 3.01. The average molecular weight is 227 g/mol. The second-order valence-electron chi connectivity index (χ2n) is 3.83. The first-order chi connectivity index (χ1) is 7.29. The zero-order valence-corrected chi connectivity index (χ0v) is 9.32. The zero-order valence-electron chi connectivity index (χ0n) is 8.56. The Balaban J connectivity index is 1.99. The molecule has 0 bridgehead atoms. The minimum Gasteiger partial charge on any atom is -0.329 e. The van der Waals surface area contributed by atoms with Crippen LogP contribution in [0.15, 0.2) is 12.4 Å². The van der Waals surface area contributed by atoms with Crippen LogP contribution in [-0.4, -0.2) is 34.0 Å². The van der Waals surface area contributed by atoms with Crippen molar-refractivity contribution in [1.82, 2.24) is 14.9 Å². The summed E-state index contributed by atoms with van der Waals surface area (Å²) in [6.45, 7) is 2.65. The number of hydrogen-bond donors (Lipinski definition) is 1. The predicted octanol–water partition coefficient (Wildman–Crippen LogP) is 1.05. The highest BCUT2D eigenvalue weighted by Crippen LogP contribution is 2.18. The fourth-order valence-electron chi connectivity index (χ4n) is 2.00. The molecule has 0 spiro atoms. The number of rotatable bonds is 3. The third kappa shape index (κ3) is 2.65. The van der Waals surface area contributed by atoms with Gasteiger partial charge in [0, 0.05) is 19.1 Å². The molecular weight excluding hydrogens is 212 g/mol. The minimum absolute atomic E-state index is 0.440. The molecule has 5 heteroatoms. The van der Waals surface area contributed by atoms with E-state index in [1.807, 2.05) is 0 Å². The SMILES string of the molecule is NCC1CCCN1Cc1cnc(Cl)cn1. The molecule has 82 valence electrons. The molecule has 1 saturated heterocycles. The van der Waals surface area contributed by atoms with Crippen molar-refractivity contribution < 1.29 is 0 Å². The molecule has 0 aromatic carbocycles. The Labute approximate surface area is 94.5 Å². The van der Waals surface area contributed by atoms with Crippen LogP contribution in [0.1, 0.15) is 18.5 Å². The summed E-state index contributed by atoms with van der Waals surface area (Å²) in [6.07, 6.45) is 5.74. The fourth-order valence-corrected chi connectivity index (χ4v) is 2.10. The van der Waals surface area contributed by atoms with Gasteiger partial charge in [-0.05, 0) is 19.4 Å². The molecule has 0 saturated carbocycles. The fraction of sp³-hybridized carbons (Fsp3) is 0.600. The van der Waals surface area contributed by atoms with Crippen molar-refractivity contribution in [3.05, 3.63) is 23.2 Å². The van der Waals surface area contributed by atoms with Crippen LogP contribution in [0.3, 0.4) is 0 Å². The Hall–Kier alpha value is -0.710. The molecule has 0 amide bonds. The van der Waals surface area contributed by atoms with E-state index in [1.54, 1.807) is 12.4 Å². The van der Waals surface area contributed by atoms with E-state index >= 15 is 0 Å². The maximum atomic E-state index is 5.70. The minimum atomic E-state index is 0.440. The van der Waals surface area contributed by atoms with Crippen LogP contribution < -0.4 is 5.73 Å². The van der Waals surface area contributed by atoms with E-state index in [4.69, 9.17) is 17.3 Å². The number of nitrogens with two attached hydrogens (primary N) is 1. The first kappa shape index (κ1) is 10.8. The van der Waals surface area contributed by atoms with Gasteiger partial charge in [-0.15, -0.1) is 0 Å². The van der Waals surface area contributed by atoms with Crippen molar-refractivity contribution in [3.8, 4) is 0 Å². The second kappa shape index (κ2) is 4.88. The largest absolute Gasteiger partial charge is 0.329 e. The highest BCUT2D eigenvalue weighted by molar-refractivity contribution is 6.29. The van der Waals surface area contributed by atoms with Gasteiger partial charge in [0.2, 0.25) is 0 Å². The molecule has 1 aromatic rings. The van der Waals surface area contributed by atoms with E-state index in [2.05, 4.69) is 14.9 Å². The summed E-state index contributed by atoms with van der Waals surface area (Å²) >= 11 is 5.68. The summed E-state index contributed by atoms with van der Waals surface area (Å²) in [7, 11) is 0. The van der Waals surface area contributed by atoms with Crippen molar-refractivity contribution in [2.24, 2.45) is 5.73 Å². The molecule has 0 aliphatic carbocycles. The number of likely N-dealkylation sites (tertiary alicyclic amines) is 1. The zero-order chi connectivity index (χ0) is 10.7. The molecule has 1 fully saturated rings. The molecule has 2 heterocycles. The quantitative estimate of drug-likeness (QED) is 0.837. The molecular formula is C10H15ClN4. The molecule has 4 nitrogen and oxygen atoms in total. The summed E-state index contributed by atoms with van der Waals surface area (Å²) in [4.78, 5) is 10.6. The Morgan fingerprint density at radius 1 is 1.47 bits per heavy atom. The van der Waals surface area contributed by atoms with Crippen LogP contribution in [0.25, 0.3) is 0 Å². The van der Waals surface area contributed by atoms with Crippen LogP contribution in [-0.2, 0) is 6.54 Å². The molecule has 1 aromatic heterocycles. The molecule has 1 aliphatic rings. The monoisotopic (exact) mass is 226 g/mol. The molecule has 1 aliphatic heterocycles. The topological polar surface area (TPSA) is 55.0 Å². The van der Waals surface area contributed by atoms with Gasteiger partial charge >= 0.3 is 0 Å². The average Bonchev–Trinajstić information content (AvgIpc) is 2.69. The lowest BCUT2D eigenvalue weighted by Crippen LogP contribution is -2.35. The van der Waals surface area contributed by atoms with Gasteiger partial charge in [0.05, 0.1) is 18.1 Å². The lowest BCUT2D eigenvalue weighted by atomic mass is 10.2. The van der Waals surface area contributed by atoms with Crippen LogP contribution >= 0.6 is 11.6 Å². The molecule has 1 unspecified atom stereocenters. The first-order valence-electron chi connectivity index (χ1n) is 5.20. The van der Waals surface area contributed by atoms with Crippen molar-refractivity contribution >= 4 is 11.6 Å². The number of halogens is 1. The van der Waals surface area contributed by atoms with E-state index in [-0.39, 0.29) is 0 Å². The van der Waals surface area contributed by atoms with E-state index in [0.29, 0.717) is 11.2 Å². The molecule has 1 atom stereocenters. The maximum Gasteiger partial charge on any atom is 0.147 e. The second-order valence-corrected chi connectivity index (χ2v) is 4.22. The van der Waals surface area contributed by atoms with Crippen LogP contribution in [0.5, 0.6) is 0 Å². The summed E-state index contributed by atoms with van der Waals surface area (Å²) in [5, 5.41) is 0.440. The van der Waals surface area contributed by atoms with E-state index < -0.39 is 0 Å². The normalized spacial score (nSPS) is 22.1. The smallest absolute Gasteiger partial charge is 0.147 e. The number of aromatic nitrogens is 2. The van der Waals surface area contributed by atoms with E-state index in [1.165, 1.54) is 12.8 Å². The van der Waals surface area contributed by atoms with Crippen LogP contribution in [0.4, 0.5) is 0 Å². The van der Waals surface area contributed by atoms with Crippen LogP contribution in [0, 0.1) is 0 Å². The van der Waals surface area contributed by atoms with Gasteiger partial charge in [-0.2, -0.15) is 0 Å². The molecule has 15 heavy (non-hydrogen) atoms. The number of hydrogen-bond acceptors (Lipinski definition) is 4. The van der Waals surface area contributed by atoms with Gasteiger partial charge in [-0.3, -0.25) is 9.88 Å². The summed E-state index contributed by atoms with van der Waals surface area (Å²) < 4.78 is 0. The van der Waals surface area contributed by atoms with Crippen LogP contribution in [0.2, 0.25) is 5.15 Å². The number of nitrogens with zero attached hydrogens (tertiary/aromatic N) is 3. The van der Waals surface area contributed by atoms with E-state index in [0.717, 1.165) is 25.3 Å². The highest BCUT2D eigenvalue weighted by Gasteiger charge is 2.23. The maximum absolute atomic E-state index is 5.70. The van der Waals surface area contributed by atoms with Crippen molar-refractivity contribution in [2.75, 3.05) is 13.1 Å². The highest BCUT2D eigenvalue weighted by atomic mass is 35.5. The summed E-state index contributed by atoms with van der Waals surface area (Å²) in [6, 6.07) is 0.502. The molecule has 2 rings (SSSR count). The summed E-state index contributed by atoms with van der Waals surface area (Å²) in [5.41, 5.74) is 6.66. The van der Waals surface area contributed by atoms with Gasteiger partial charge in [0.1, 0.15) is 5.15 Å². The Kier molecular flexibility index (Phi) is 3.51. The van der Waals surface area contributed by atoms with E-state index in [9.17, 15) is 0 Å².